The van der Waals surface area contributed by atoms with Crippen molar-refractivity contribution in [3.63, 3.8) is 0 Å². The number of nitro benzene ring substituents is 1. The molecule has 7 heteroatoms. The zero-order valence-corrected chi connectivity index (χ0v) is 10.8. The Hall–Kier alpha value is -1.85. The maximum absolute atomic E-state index is 13.2. The minimum absolute atomic E-state index is 0.00471. The molecule has 0 atom stereocenters. The molecule has 0 unspecified atom stereocenters. The summed E-state index contributed by atoms with van der Waals surface area (Å²) < 4.78 is 18.5. The highest BCUT2D eigenvalue weighted by molar-refractivity contribution is 6.42. The lowest BCUT2D eigenvalue weighted by Crippen LogP contribution is -1.91. The van der Waals surface area contributed by atoms with E-state index >= 15 is 0 Å². The highest BCUT2D eigenvalue weighted by atomic mass is 35.5. The molecule has 98 valence electrons. The highest BCUT2D eigenvalue weighted by Gasteiger charge is 2.11. The van der Waals surface area contributed by atoms with Crippen LogP contribution < -0.4 is 4.74 Å². The van der Waals surface area contributed by atoms with Crippen LogP contribution in [0.2, 0.25) is 10.0 Å². The lowest BCUT2D eigenvalue weighted by Gasteiger charge is -2.06. The van der Waals surface area contributed by atoms with E-state index in [1.54, 1.807) is 0 Å². The average Bonchev–Trinajstić information content (AvgIpc) is 2.33. The standard InChI is InChI=1S/C12H6Cl2FNO3/c13-11-2-1-9(6-12(11)14)19-10-4-7(15)3-8(5-10)16(17)18/h1-6H. The summed E-state index contributed by atoms with van der Waals surface area (Å²) in [5.41, 5.74) is -0.393. The van der Waals surface area contributed by atoms with Crippen molar-refractivity contribution in [2.45, 2.75) is 0 Å². The summed E-state index contributed by atoms with van der Waals surface area (Å²) >= 11 is 11.5. The largest absolute Gasteiger partial charge is 0.457 e. The maximum Gasteiger partial charge on any atom is 0.276 e. The number of nitrogens with zero attached hydrogens (tertiary/aromatic N) is 1. The van der Waals surface area contributed by atoms with E-state index in [0.717, 1.165) is 18.2 Å². The van der Waals surface area contributed by atoms with Gasteiger partial charge in [-0.3, -0.25) is 10.1 Å². The average molecular weight is 302 g/mol. The van der Waals surface area contributed by atoms with Crippen molar-refractivity contribution < 1.29 is 14.1 Å². The Balaban J connectivity index is 2.32. The number of benzene rings is 2. The minimum atomic E-state index is -0.760. The van der Waals surface area contributed by atoms with E-state index in [1.807, 2.05) is 0 Å². The first kappa shape index (κ1) is 13.6. The van der Waals surface area contributed by atoms with Crippen molar-refractivity contribution in [3.05, 3.63) is 62.4 Å². The van der Waals surface area contributed by atoms with E-state index in [-0.39, 0.29) is 10.8 Å². The van der Waals surface area contributed by atoms with Crippen LogP contribution in [0.15, 0.2) is 36.4 Å². The van der Waals surface area contributed by atoms with Gasteiger partial charge in [0, 0.05) is 12.1 Å². The fourth-order valence-electron chi connectivity index (χ4n) is 1.39. The summed E-state index contributed by atoms with van der Waals surface area (Å²) in [5.74, 6) is -0.455. The molecule has 0 fully saturated rings. The number of halogens is 3. The van der Waals surface area contributed by atoms with E-state index in [9.17, 15) is 14.5 Å². The Kier molecular flexibility index (Phi) is 3.87. The Morgan fingerprint density at radius 1 is 1.05 bits per heavy atom. The molecule has 0 saturated heterocycles. The van der Waals surface area contributed by atoms with Crippen LogP contribution in [0.4, 0.5) is 10.1 Å². The SMILES string of the molecule is O=[N+]([O-])c1cc(F)cc(Oc2ccc(Cl)c(Cl)c2)c1. The van der Waals surface area contributed by atoms with Gasteiger partial charge in [-0.1, -0.05) is 23.2 Å². The van der Waals surface area contributed by atoms with Gasteiger partial charge in [-0.25, -0.2) is 4.39 Å². The van der Waals surface area contributed by atoms with E-state index in [2.05, 4.69) is 0 Å². The van der Waals surface area contributed by atoms with Crippen molar-refractivity contribution in [3.8, 4) is 11.5 Å². The number of hydrogen-bond acceptors (Lipinski definition) is 3. The van der Waals surface area contributed by atoms with E-state index < -0.39 is 16.4 Å². The topological polar surface area (TPSA) is 52.4 Å². The molecule has 0 aliphatic heterocycles. The van der Waals surface area contributed by atoms with Crippen LogP contribution in [-0.4, -0.2) is 4.92 Å². The third-order valence-corrected chi connectivity index (χ3v) is 2.93. The van der Waals surface area contributed by atoms with E-state index in [4.69, 9.17) is 27.9 Å². The van der Waals surface area contributed by atoms with Gasteiger partial charge in [-0.2, -0.15) is 0 Å². The van der Waals surface area contributed by atoms with E-state index in [1.165, 1.54) is 18.2 Å². The van der Waals surface area contributed by atoms with Gasteiger partial charge in [0.25, 0.3) is 5.69 Å². The normalized spacial score (nSPS) is 10.3. The number of nitro groups is 1. The van der Waals surface area contributed by atoms with Crippen LogP contribution in [-0.2, 0) is 0 Å². The number of ether oxygens (including phenoxy) is 1. The second-order valence-electron chi connectivity index (χ2n) is 3.58. The molecule has 0 amide bonds. The summed E-state index contributed by atoms with van der Waals surface area (Å²) in [4.78, 5) is 9.90. The van der Waals surface area contributed by atoms with Crippen LogP contribution in [0.1, 0.15) is 0 Å². The summed E-state index contributed by atoms with van der Waals surface area (Å²) in [6, 6.07) is 7.42. The first-order valence-corrected chi connectivity index (χ1v) is 5.79. The monoisotopic (exact) mass is 301 g/mol. The number of rotatable bonds is 3. The van der Waals surface area contributed by atoms with Crippen molar-refractivity contribution in [2.75, 3.05) is 0 Å². The molecule has 2 aromatic rings. The Morgan fingerprint density at radius 3 is 2.42 bits per heavy atom. The van der Waals surface area contributed by atoms with Gasteiger partial charge in [-0.15, -0.1) is 0 Å². The molecule has 0 aromatic heterocycles. The van der Waals surface area contributed by atoms with Crippen LogP contribution in [0.3, 0.4) is 0 Å². The zero-order valence-electron chi connectivity index (χ0n) is 9.27. The summed E-state index contributed by atoms with van der Waals surface area (Å²) in [6.07, 6.45) is 0. The summed E-state index contributed by atoms with van der Waals surface area (Å²) in [6.45, 7) is 0. The molecular formula is C12H6Cl2FNO3. The Bertz CT molecular complexity index is 649. The molecular weight excluding hydrogens is 296 g/mol. The number of hydrogen-bond donors (Lipinski definition) is 0. The van der Waals surface area contributed by atoms with Gasteiger partial charge in [0.2, 0.25) is 0 Å². The van der Waals surface area contributed by atoms with Gasteiger partial charge >= 0.3 is 0 Å². The van der Waals surface area contributed by atoms with Crippen LogP contribution in [0.25, 0.3) is 0 Å². The summed E-state index contributed by atoms with van der Waals surface area (Å²) in [7, 11) is 0. The van der Waals surface area contributed by atoms with Crippen LogP contribution >= 0.6 is 23.2 Å². The zero-order chi connectivity index (χ0) is 14.0. The predicted octanol–water partition coefficient (Wildman–Crippen LogP) is 4.83. The minimum Gasteiger partial charge on any atom is -0.457 e. The molecule has 0 aliphatic carbocycles. The van der Waals surface area contributed by atoms with Crippen molar-refractivity contribution in [1.82, 2.24) is 0 Å². The first-order valence-electron chi connectivity index (χ1n) is 5.03. The fourth-order valence-corrected chi connectivity index (χ4v) is 1.68. The van der Waals surface area contributed by atoms with Gasteiger partial charge < -0.3 is 4.74 Å². The van der Waals surface area contributed by atoms with Gasteiger partial charge in [-0.05, 0) is 12.1 Å². The second-order valence-corrected chi connectivity index (χ2v) is 4.39. The van der Waals surface area contributed by atoms with Crippen molar-refractivity contribution >= 4 is 28.9 Å². The third kappa shape index (κ3) is 3.33. The predicted molar refractivity (Wildman–Crippen MR) is 69.6 cm³/mol. The van der Waals surface area contributed by atoms with Crippen LogP contribution in [0, 0.1) is 15.9 Å². The molecule has 0 radical (unpaired) electrons. The molecule has 0 saturated carbocycles. The molecule has 0 N–H and O–H groups in total. The smallest absolute Gasteiger partial charge is 0.276 e. The first-order chi connectivity index (χ1) is 8.95. The lowest BCUT2D eigenvalue weighted by molar-refractivity contribution is -0.385. The Morgan fingerprint density at radius 2 is 1.79 bits per heavy atom. The second kappa shape index (κ2) is 5.42. The quantitative estimate of drug-likeness (QED) is 0.602. The number of non-ortho nitro benzene ring substituents is 1. The van der Waals surface area contributed by atoms with E-state index in [0.29, 0.717) is 10.8 Å². The van der Waals surface area contributed by atoms with Crippen molar-refractivity contribution in [1.29, 1.82) is 0 Å². The van der Waals surface area contributed by atoms with Gasteiger partial charge in [0.05, 0.1) is 27.1 Å². The molecule has 2 aromatic carbocycles. The van der Waals surface area contributed by atoms with Crippen molar-refractivity contribution in [2.24, 2.45) is 0 Å². The highest BCUT2D eigenvalue weighted by Crippen LogP contribution is 2.31. The van der Waals surface area contributed by atoms with Gasteiger partial charge in [0.15, 0.2) is 0 Å². The van der Waals surface area contributed by atoms with Crippen LogP contribution in [0.5, 0.6) is 11.5 Å². The molecule has 19 heavy (non-hydrogen) atoms. The molecule has 0 spiro atoms. The lowest BCUT2D eigenvalue weighted by atomic mass is 10.3. The third-order valence-electron chi connectivity index (χ3n) is 2.19. The molecule has 0 bridgehead atoms. The maximum atomic E-state index is 13.2. The Labute approximate surface area is 117 Å². The molecule has 4 nitrogen and oxygen atoms in total. The molecule has 0 aliphatic rings. The molecule has 0 heterocycles. The van der Waals surface area contributed by atoms with Gasteiger partial charge in [0.1, 0.15) is 17.3 Å². The fraction of sp³-hybridized carbons (Fsp3) is 0. The molecule has 2 rings (SSSR count). The summed E-state index contributed by atoms with van der Waals surface area (Å²) in [5, 5.41) is 11.2.